The predicted molar refractivity (Wildman–Crippen MR) is 96.9 cm³/mol. The van der Waals surface area contributed by atoms with Crippen LogP contribution < -0.4 is 16.0 Å². The molecule has 0 saturated carbocycles. The molecule has 1 aliphatic heterocycles. The highest BCUT2D eigenvalue weighted by Gasteiger charge is 2.23. The lowest BCUT2D eigenvalue weighted by molar-refractivity contribution is -0.117. The zero-order chi connectivity index (χ0) is 16.8. The monoisotopic (exact) mass is 341 g/mol. The molecule has 0 aliphatic carbocycles. The van der Waals surface area contributed by atoms with E-state index in [4.69, 9.17) is 0 Å². The van der Waals surface area contributed by atoms with Crippen molar-refractivity contribution in [1.29, 1.82) is 0 Å². The maximum atomic E-state index is 12.5. The van der Waals surface area contributed by atoms with Gasteiger partial charge >= 0.3 is 0 Å². The van der Waals surface area contributed by atoms with E-state index in [1.807, 2.05) is 30.3 Å². The van der Waals surface area contributed by atoms with Gasteiger partial charge in [-0.1, -0.05) is 42.5 Å². The standard InChI is InChI=1S/C18H19N3O2S/c22-17(19-10-13-6-2-1-3-7-13)14-8-4-5-9-15(14)21-18(23)16-11-24-12-20-16/h1-9,16,20H,10-12H2,(H,19,22)(H,21,23). The fourth-order valence-corrected chi connectivity index (χ4v) is 3.39. The summed E-state index contributed by atoms with van der Waals surface area (Å²) in [5, 5.41) is 8.87. The molecule has 1 aliphatic rings. The van der Waals surface area contributed by atoms with Crippen molar-refractivity contribution in [1.82, 2.24) is 10.6 Å². The minimum atomic E-state index is -0.213. The Bertz CT molecular complexity index is 715. The molecule has 0 radical (unpaired) electrons. The smallest absolute Gasteiger partial charge is 0.253 e. The average molecular weight is 341 g/mol. The number of anilines is 1. The topological polar surface area (TPSA) is 70.2 Å². The third kappa shape index (κ3) is 4.15. The number of rotatable bonds is 5. The predicted octanol–water partition coefficient (Wildman–Crippen LogP) is 2.22. The van der Waals surface area contributed by atoms with Gasteiger partial charge in [0.1, 0.15) is 0 Å². The number of nitrogens with one attached hydrogen (secondary N) is 3. The normalized spacial score (nSPS) is 16.6. The van der Waals surface area contributed by atoms with Crippen LogP contribution >= 0.6 is 11.8 Å². The number of thioether (sulfide) groups is 1. The Hall–Kier alpha value is -2.31. The first-order valence-electron chi connectivity index (χ1n) is 7.77. The molecule has 24 heavy (non-hydrogen) atoms. The van der Waals surface area contributed by atoms with Crippen LogP contribution in [0.4, 0.5) is 5.69 Å². The lowest BCUT2D eigenvalue weighted by Crippen LogP contribution is -2.38. The second-order valence-corrected chi connectivity index (χ2v) is 6.51. The Kier molecular flexibility index (Phi) is 5.51. The van der Waals surface area contributed by atoms with E-state index in [1.54, 1.807) is 36.0 Å². The van der Waals surface area contributed by atoms with Gasteiger partial charge in [0.2, 0.25) is 5.91 Å². The van der Waals surface area contributed by atoms with Crippen LogP contribution in [0.1, 0.15) is 15.9 Å². The number of hydrogen-bond acceptors (Lipinski definition) is 4. The number of hydrogen-bond donors (Lipinski definition) is 3. The van der Waals surface area contributed by atoms with Gasteiger partial charge < -0.3 is 10.6 Å². The Morgan fingerprint density at radius 3 is 2.58 bits per heavy atom. The molecular formula is C18H19N3O2S. The first kappa shape index (κ1) is 16.5. The fourth-order valence-electron chi connectivity index (χ4n) is 2.45. The molecule has 1 atom stereocenters. The van der Waals surface area contributed by atoms with Crippen molar-refractivity contribution in [2.75, 3.05) is 16.9 Å². The van der Waals surface area contributed by atoms with Gasteiger partial charge in [0.15, 0.2) is 0 Å². The minimum absolute atomic E-state index is 0.108. The lowest BCUT2D eigenvalue weighted by Gasteiger charge is -2.14. The maximum absolute atomic E-state index is 12.5. The van der Waals surface area contributed by atoms with Gasteiger partial charge in [-0.25, -0.2) is 0 Å². The quantitative estimate of drug-likeness (QED) is 0.780. The van der Waals surface area contributed by atoms with E-state index >= 15 is 0 Å². The van der Waals surface area contributed by atoms with Gasteiger partial charge in [-0.3, -0.25) is 14.9 Å². The summed E-state index contributed by atoms with van der Waals surface area (Å²) in [6.07, 6.45) is 0. The van der Waals surface area contributed by atoms with Gasteiger partial charge in [0.05, 0.1) is 17.3 Å². The first-order valence-corrected chi connectivity index (χ1v) is 8.92. The molecule has 5 nitrogen and oxygen atoms in total. The van der Waals surface area contributed by atoms with E-state index in [0.717, 1.165) is 17.2 Å². The molecule has 0 spiro atoms. The molecule has 1 unspecified atom stereocenters. The zero-order valence-electron chi connectivity index (χ0n) is 13.1. The van der Waals surface area contributed by atoms with Crippen LogP contribution in [-0.4, -0.2) is 29.5 Å². The van der Waals surface area contributed by atoms with E-state index in [-0.39, 0.29) is 17.9 Å². The number of para-hydroxylation sites is 1. The molecule has 1 heterocycles. The minimum Gasteiger partial charge on any atom is -0.348 e. The Balaban J connectivity index is 1.66. The zero-order valence-corrected chi connectivity index (χ0v) is 13.9. The molecule has 0 aromatic heterocycles. The maximum Gasteiger partial charge on any atom is 0.253 e. The number of carbonyl (C=O) groups is 2. The van der Waals surface area contributed by atoms with Gasteiger partial charge in [0, 0.05) is 18.2 Å². The molecule has 6 heteroatoms. The summed E-state index contributed by atoms with van der Waals surface area (Å²) >= 11 is 1.69. The van der Waals surface area contributed by atoms with Crippen molar-refractivity contribution < 1.29 is 9.59 Å². The fraction of sp³-hybridized carbons (Fsp3) is 0.222. The summed E-state index contributed by atoms with van der Waals surface area (Å²) in [5.41, 5.74) is 2.03. The van der Waals surface area contributed by atoms with Crippen LogP contribution in [0.15, 0.2) is 54.6 Å². The Labute approximate surface area is 145 Å². The van der Waals surface area contributed by atoms with E-state index < -0.39 is 0 Å². The summed E-state index contributed by atoms with van der Waals surface area (Å²) in [6, 6.07) is 16.6. The van der Waals surface area contributed by atoms with Crippen LogP contribution in [0.5, 0.6) is 0 Å². The molecule has 2 amide bonds. The van der Waals surface area contributed by atoms with Crippen LogP contribution in [-0.2, 0) is 11.3 Å². The van der Waals surface area contributed by atoms with Crippen molar-refractivity contribution in [2.24, 2.45) is 0 Å². The molecular weight excluding hydrogens is 322 g/mol. The van der Waals surface area contributed by atoms with Gasteiger partial charge in [-0.2, -0.15) is 0 Å². The summed E-state index contributed by atoms with van der Waals surface area (Å²) in [5.74, 6) is 1.21. The third-order valence-electron chi connectivity index (χ3n) is 3.76. The van der Waals surface area contributed by atoms with Crippen LogP contribution in [0, 0.1) is 0 Å². The molecule has 124 valence electrons. The van der Waals surface area contributed by atoms with E-state index in [2.05, 4.69) is 16.0 Å². The summed E-state index contributed by atoms with van der Waals surface area (Å²) in [4.78, 5) is 24.7. The average Bonchev–Trinajstić information content (AvgIpc) is 3.16. The van der Waals surface area contributed by atoms with Crippen molar-refractivity contribution in [3.8, 4) is 0 Å². The molecule has 1 saturated heterocycles. The number of carbonyl (C=O) groups excluding carboxylic acids is 2. The van der Waals surface area contributed by atoms with E-state index in [1.165, 1.54) is 0 Å². The molecule has 3 N–H and O–H groups in total. The highest BCUT2D eigenvalue weighted by atomic mass is 32.2. The lowest BCUT2D eigenvalue weighted by atomic mass is 10.1. The van der Waals surface area contributed by atoms with Gasteiger partial charge in [-0.15, -0.1) is 11.8 Å². The summed E-state index contributed by atoms with van der Waals surface area (Å²) in [7, 11) is 0. The van der Waals surface area contributed by atoms with Crippen LogP contribution in [0.2, 0.25) is 0 Å². The summed E-state index contributed by atoms with van der Waals surface area (Å²) in [6.45, 7) is 0.447. The van der Waals surface area contributed by atoms with Gasteiger partial charge in [0.25, 0.3) is 5.91 Å². The van der Waals surface area contributed by atoms with Gasteiger partial charge in [-0.05, 0) is 17.7 Å². The number of benzene rings is 2. The first-order chi connectivity index (χ1) is 11.7. The second kappa shape index (κ2) is 7.99. The SMILES string of the molecule is O=C(NCc1ccccc1)c1ccccc1NC(=O)C1CSCN1. The molecule has 2 aromatic carbocycles. The second-order valence-electron chi connectivity index (χ2n) is 5.47. The van der Waals surface area contributed by atoms with Crippen molar-refractivity contribution >= 4 is 29.3 Å². The van der Waals surface area contributed by atoms with Crippen LogP contribution in [0.3, 0.4) is 0 Å². The largest absolute Gasteiger partial charge is 0.348 e. The summed E-state index contributed by atoms with van der Waals surface area (Å²) < 4.78 is 0. The van der Waals surface area contributed by atoms with Crippen LogP contribution in [0.25, 0.3) is 0 Å². The van der Waals surface area contributed by atoms with Crippen molar-refractivity contribution in [3.63, 3.8) is 0 Å². The third-order valence-corrected chi connectivity index (χ3v) is 4.70. The van der Waals surface area contributed by atoms with E-state index in [9.17, 15) is 9.59 Å². The Morgan fingerprint density at radius 1 is 1.08 bits per heavy atom. The van der Waals surface area contributed by atoms with Crippen molar-refractivity contribution in [3.05, 3.63) is 65.7 Å². The Morgan fingerprint density at radius 2 is 1.83 bits per heavy atom. The highest BCUT2D eigenvalue weighted by Crippen LogP contribution is 2.17. The van der Waals surface area contributed by atoms with E-state index in [0.29, 0.717) is 17.8 Å². The molecule has 2 aromatic rings. The highest BCUT2D eigenvalue weighted by molar-refractivity contribution is 7.99. The molecule has 3 rings (SSSR count). The molecule has 0 bridgehead atoms. The molecule has 1 fully saturated rings. The van der Waals surface area contributed by atoms with Crippen molar-refractivity contribution in [2.45, 2.75) is 12.6 Å². The number of amides is 2.